The van der Waals surface area contributed by atoms with Gasteiger partial charge < -0.3 is 10.2 Å². The number of likely N-dealkylation sites (tertiary alicyclic amines) is 1. The van der Waals surface area contributed by atoms with E-state index in [9.17, 15) is 10.0 Å². The fourth-order valence-corrected chi connectivity index (χ4v) is 3.63. The third kappa shape index (κ3) is 5.77. The molecule has 0 radical (unpaired) electrons. The Morgan fingerprint density at radius 2 is 1.81 bits per heavy atom. The predicted molar refractivity (Wildman–Crippen MR) is 102 cm³/mol. The smallest absolute Gasteiger partial charge is 0.251 e. The molecule has 1 aromatic rings. The lowest BCUT2D eigenvalue weighted by atomic mass is 9.96. The maximum atomic E-state index is 12.4. The van der Waals surface area contributed by atoms with Crippen LogP contribution in [-0.4, -0.2) is 60.0 Å². The second-order valence-electron chi connectivity index (χ2n) is 7.86. The molecule has 1 heterocycles. The first-order chi connectivity index (χ1) is 12.5. The Kier molecular flexibility index (Phi) is 6.64. The molecule has 6 heteroatoms. The molecule has 0 unspecified atom stereocenters. The van der Waals surface area contributed by atoms with Crippen LogP contribution in [-0.2, 0) is 0 Å². The molecule has 3 N–H and O–H groups in total. The quantitative estimate of drug-likeness (QED) is 0.620. The van der Waals surface area contributed by atoms with Crippen molar-refractivity contribution in [2.24, 2.45) is 5.92 Å². The Labute approximate surface area is 156 Å². The summed E-state index contributed by atoms with van der Waals surface area (Å²) in [6, 6.07) is 6.30. The largest absolute Gasteiger partial charge is 0.352 e. The molecule has 0 atom stereocenters. The number of rotatable bonds is 8. The molecule has 0 spiro atoms. The van der Waals surface area contributed by atoms with Crippen molar-refractivity contribution in [3.05, 3.63) is 34.9 Å². The number of nitrogens with zero attached hydrogens (tertiary/aromatic N) is 2. The van der Waals surface area contributed by atoms with Gasteiger partial charge in [-0.25, -0.2) is 5.43 Å². The van der Waals surface area contributed by atoms with Gasteiger partial charge in [-0.05, 0) is 70.7 Å². The molecule has 0 bridgehead atoms. The predicted octanol–water partition coefficient (Wildman–Crippen LogP) is 2.10. The van der Waals surface area contributed by atoms with Crippen LogP contribution in [0.2, 0.25) is 0 Å². The van der Waals surface area contributed by atoms with Crippen LogP contribution in [0.1, 0.15) is 47.2 Å². The van der Waals surface area contributed by atoms with Gasteiger partial charge in [0.15, 0.2) is 0 Å². The van der Waals surface area contributed by atoms with Crippen molar-refractivity contribution >= 4 is 5.91 Å². The van der Waals surface area contributed by atoms with Gasteiger partial charge in [-0.15, -0.1) is 5.17 Å². The minimum atomic E-state index is 0.0338. The molecule has 144 valence electrons. The molecule has 2 fully saturated rings. The Morgan fingerprint density at radius 3 is 2.42 bits per heavy atom. The van der Waals surface area contributed by atoms with Crippen molar-refractivity contribution in [2.75, 3.05) is 32.7 Å². The molecular weight excluding hydrogens is 328 g/mol. The van der Waals surface area contributed by atoms with Gasteiger partial charge in [-0.1, -0.05) is 17.2 Å². The fraction of sp³-hybridized carbons (Fsp3) is 0.650. The van der Waals surface area contributed by atoms with Crippen LogP contribution in [0, 0.1) is 19.8 Å². The van der Waals surface area contributed by atoms with Crippen molar-refractivity contribution in [2.45, 2.75) is 45.6 Å². The first-order valence-corrected chi connectivity index (χ1v) is 9.82. The van der Waals surface area contributed by atoms with Gasteiger partial charge in [0.1, 0.15) is 0 Å². The molecular formula is C20H32N4O2. The average Bonchev–Trinajstić information content (AvgIpc) is 3.45. The highest BCUT2D eigenvalue weighted by Gasteiger charge is 2.28. The van der Waals surface area contributed by atoms with E-state index in [1.54, 1.807) is 0 Å². The standard InChI is InChI=1S/C20H32N4O2/c1-15-11-16(2)13-18(12-15)20(25)21-14-17-5-8-23(9-6-17)10-7-22-24(26)19-3-4-19/h11-13,17,19,22,26H,3-10,14H2,1-2H3,(H,21,25). The summed E-state index contributed by atoms with van der Waals surface area (Å²) in [6.45, 7) is 8.64. The first-order valence-electron chi connectivity index (χ1n) is 9.82. The topological polar surface area (TPSA) is 67.8 Å². The van der Waals surface area contributed by atoms with E-state index in [1.165, 1.54) is 5.17 Å². The zero-order valence-electron chi connectivity index (χ0n) is 16.0. The van der Waals surface area contributed by atoms with Crippen LogP contribution in [0.5, 0.6) is 0 Å². The summed E-state index contributed by atoms with van der Waals surface area (Å²) in [5, 5.41) is 14.1. The molecule has 1 amide bonds. The summed E-state index contributed by atoms with van der Waals surface area (Å²) in [5.74, 6) is 0.585. The highest BCUT2D eigenvalue weighted by atomic mass is 16.5. The number of nitrogens with one attached hydrogen (secondary N) is 2. The van der Waals surface area contributed by atoms with E-state index >= 15 is 0 Å². The van der Waals surface area contributed by atoms with E-state index in [-0.39, 0.29) is 5.91 Å². The summed E-state index contributed by atoms with van der Waals surface area (Å²) in [5.41, 5.74) is 6.07. The number of carbonyl (C=O) groups is 1. The van der Waals surface area contributed by atoms with Crippen LogP contribution in [0.3, 0.4) is 0 Å². The summed E-state index contributed by atoms with van der Waals surface area (Å²) in [7, 11) is 0. The molecule has 26 heavy (non-hydrogen) atoms. The number of benzene rings is 1. The Bertz CT molecular complexity index is 590. The molecule has 1 saturated carbocycles. The van der Waals surface area contributed by atoms with E-state index < -0.39 is 0 Å². The van der Waals surface area contributed by atoms with Crippen molar-refractivity contribution in [3.8, 4) is 0 Å². The van der Waals surface area contributed by atoms with Gasteiger partial charge in [-0.3, -0.25) is 10.0 Å². The van der Waals surface area contributed by atoms with Crippen molar-refractivity contribution in [3.63, 3.8) is 0 Å². The van der Waals surface area contributed by atoms with Crippen LogP contribution < -0.4 is 10.7 Å². The molecule has 3 rings (SSSR count). The second kappa shape index (κ2) is 8.95. The molecule has 1 aliphatic carbocycles. The maximum absolute atomic E-state index is 12.4. The zero-order chi connectivity index (χ0) is 18.5. The van der Waals surface area contributed by atoms with E-state index in [0.29, 0.717) is 12.0 Å². The van der Waals surface area contributed by atoms with Crippen LogP contribution in [0.4, 0.5) is 0 Å². The average molecular weight is 361 g/mol. The molecule has 1 aliphatic heterocycles. The van der Waals surface area contributed by atoms with E-state index in [1.807, 2.05) is 26.0 Å². The summed E-state index contributed by atoms with van der Waals surface area (Å²) < 4.78 is 0. The Hall–Kier alpha value is -1.47. The normalized spacial score (nSPS) is 19.1. The van der Waals surface area contributed by atoms with Crippen LogP contribution in [0.15, 0.2) is 18.2 Å². The molecule has 1 saturated heterocycles. The maximum Gasteiger partial charge on any atom is 0.251 e. The van der Waals surface area contributed by atoms with Gasteiger partial charge in [-0.2, -0.15) is 0 Å². The van der Waals surface area contributed by atoms with Gasteiger partial charge in [0, 0.05) is 25.2 Å². The number of hydrazine groups is 1. The highest BCUT2D eigenvalue weighted by molar-refractivity contribution is 5.94. The van der Waals surface area contributed by atoms with Crippen molar-refractivity contribution in [1.82, 2.24) is 20.8 Å². The molecule has 1 aromatic carbocycles. The number of hydrogen-bond donors (Lipinski definition) is 3. The van der Waals surface area contributed by atoms with E-state index in [2.05, 4.69) is 21.7 Å². The first kappa shape index (κ1) is 19.3. The number of piperidine rings is 1. The second-order valence-corrected chi connectivity index (χ2v) is 7.86. The van der Waals surface area contributed by atoms with E-state index in [4.69, 9.17) is 0 Å². The van der Waals surface area contributed by atoms with Crippen molar-refractivity contribution < 1.29 is 10.0 Å². The van der Waals surface area contributed by atoms with E-state index in [0.717, 1.165) is 75.1 Å². The monoisotopic (exact) mass is 360 g/mol. The number of carbonyl (C=O) groups excluding carboxylic acids is 1. The number of aryl methyl sites for hydroxylation is 2. The lowest BCUT2D eigenvalue weighted by Gasteiger charge is -2.32. The summed E-state index contributed by atoms with van der Waals surface area (Å²) in [4.78, 5) is 14.8. The lowest BCUT2D eigenvalue weighted by Crippen LogP contribution is -2.44. The SMILES string of the molecule is Cc1cc(C)cc(C(=O)NCC2CCN(CCNN(O)C3CC3)CC2)c1. The summed E-state index contributed by atoms with van der Waals surface area (Å²) in [6.07, 6.45) is 4.39. The van der Waals surface area contributed by atoms with Crippen molar-refractivity contribution in [1.29, 1.82) is 0 Å². The van der Waals surface area contributed by atoms with Gasteiger partial charge in [0.2, 0.25) is 0 Å². The minimum absolute atomic E-state index is 0.0338. The van der Waals surface area contributed by atoms with Gasteiger partial charge in [0.05, 0.1) is 6.04 Å². The zero-order valence-corrected chi connectivity index (χ0v) is 16.0. The highest BCUT2D eigenvalue weighted by Crippen LogP contribution is 2.23. The summed E-state index contributed by atoms with van der Waals surface area (Å²) >= 11 is 0. The molecule has 2 aliphatic rings. The lowest BCUT2D eigenvalue weighted by molar-refractivity contribution is -0.146. The molecule has 6 nitrogen and oxygen atoms in total. The number of amides is 1. The minimum Gasteiger partial charge on any atom is -0.352 e. The third-order valence-corrected chi connectivity index (χ3v) is 5.34. The van der Waals surface area contributed by atoms with Crippen LogP contribution in [0.25, 0.3) is 0 Å². The molecule has 0 aromatic heterocycles. The van der Waals surface area contributed by atoms with Crippen LogP contribution >= 0.6 is 0 Å². The van der Waals surface area contributed by atoms with Gasteiger partial charge in [0.25, 0.3) is 5.91 Å². The number of hydrogen-bond acceptors (Lipinski definition) is 5. The Morgan fingerprint density at radius 1 is 1.15 bits per heavy atom. The Balaban J connectivity index is 1.32. The third-order valence-electron chi connectivity index (χ3n) is 5.34. The van der Waals surface area contributed by atoms with Gasteiger partial charge >= 0.3 is 0 Å². The fourth-order valence-electron chi connectivity index (χ4n) is 3.63. The number of hydroxylamine groups is 1.